The summed E-state index contributed by atoms with van der Waals surface area (Å²) < 4.78 is 0.932. The number of aromatic amines is 1. The number of halogens is 1. The van der Waals surface area contributed by atoms with Crippen LogP contribution in [0.3, 0.4) is 0 Å². The summed E-state index contributed by atoms with van der Waals surface area (Å²) in [5.74, 6) is 0. The van der Waals surface area contributed by atoms with Gasteiger partial charge in [-0.1, -0.05) is 15.9 Å². The normalized spacial score (nSPS) is 10.6. The zero-order chi connectivity index (χ0) is 9.42. The van der Waals surface area contributed by atoms with E-state index in [9.17, 15) is 4.79 Å². The summed E-state index contributed by atoms with van der Waals surface area (Å²) in [6, 6.07) is 5.47. The highest BCUT2D eigenvalue weighted by molar-refractivity contribution is 9.10. The Morgan fingerprint density at radius 1 is 1.46 bits per heavy atom. The van der Waals surface area contributed by atoms with Gasteiger partial charge >= 0.3 is 0 Å². The van der Waals surface area contributed by atoms with Crippen LogP contribution in [0.2, 0.25) is 0 Å². The van der Waals surface area contributed by atoms with Gasteiger partial charge in [0.2, 0.25) is 5.43 Å². The monoisotopic (exact) mass is 238 g/mol. The molecular weight excluding hydrogens is 232 g/mol. The quantitative estimate of drug-likeness (QED) is 0.764. The Labute approximate surface area is 82.9 Å². The fourth-order valence-corrected chi connectivity index (χ4v) is 1.56. The number of fused-ring (bicyclic) bond motifs is 1. The number of hydrogen-bond donors (Lipinski definition) is 1. The number of nitrogens with one attached hydrogen (secondary N) is 1. The lowest BCUT2D eigenvalue weighted by molar-refractivity contribution is 1.00. The first kappa shape index (κ1) is 8.44. The molecule has 0 saturated heterocycles. The standard InChI is InChI=1S/C9H7BrN2O/c1-5-9(13)7-3-2-6(10)4-8(7)12-11-5/h2-4H,1H3,(H,12,13). The third kappa shape index (κ3) is 1.37. The largest absolute Gasteiger partial charge is 0.287 e. The van der Waals surface area contributed by atoms with Crippen molar-refractivity contribution in [2.45, 2.75) is 6.92 Å². The van der Waals surface area contributed by atoms with Crippen LogP contribution in [0.15, 0.2) is 27.5 Å². The summed E-state index contributed by atoms with van der Waals surface area (Å²) in [6.07, 6.45) is 0. The summed E-state index contributed by atoms with van der Waals surface area (Å²) in [4.78, 5) is 11.5. The van der Waals surface area contributed by atoms with Crippen LogP contribution in [0, 0.1) is 6.92 Å². The van der Waals surface area contributed by atoms with Crippen LogP contribution in [0.25, 0.3) is 10.9 Å². The molecule has 66 valence electrons. The molecule has 1 aromatic carbocycles. The van der Waals surface area contributed by atoms with Gasteiger partial charge in [-0.15, -0.1) is 0 Å². The molecule has 0 saturated carbocycles. The smallest absolute Gasteiger partial charge is 0.210 e. The lowest BCUT2D eigenvalue weighted by atomic mass is 10.2. The van der Waals surface area contributed by atoms with E-state index >= 15 is 0 Å². The van der Waals surface area contributed by atoms with Crippen LogP contribution in [0.1, 0.15) is 5.69 Å². The van der Waals surface area contributed by atoms with Crippen molar-refractivity contribution in [1.29, 1.82) is 0 Å². The minimum Gasteiger partial charge on any atom is -0.287 e. The third-order valence-electron chi connectivity index (χ3n) is 1.90. The number of benzene rings is 1. The molecule has 13 heavy (non-hydrogen) atoms. The second-order valence-electron chi connectivity index (χ2n) is 2.83. The van der Waals surface area contributed by atoms with E-state index in [0.717, 1.165) is 9.99 Å². The maximum atomic E-state index is 11.5. The molecule has 0 bridgehead atoms. The van der Waals surface area contributed by atoms with Gasteiger partial charge in [0.05, 0.1) is 5.52 Å². The average molecular weight is 239 g/mol. The van der Waals surface area contributed by atoms with Crippen LogP contribution in [0.4, 0.5) is 0 Å². The maximum absolute atomic E-state index is 11.5. The highest BCUT2D eigenvalue weighted by Crippen LogP contribution is 2.14. The minimum absolute atomic E-state index is 0.0127. The fourth-order valence-electron chi connectivity index (χ4n) is 1.20. The van der Waals surface area contributed by atoms with Gasteiger partial charge < -0.3 is 0 Å². The van der Waals surface area contributed by atoms with Gasteiger partial charge in [0, 0.05) is 9.86 Å². The van der Waals surface area contributed by atoms with Crippen LogP contribution >= 0.6 is 15.9 Å². The van der Waals surface area contributed by atoms with Gasteiger partial charge in [0.25, 0.3) is 0 Å². The summed E-state index contributed by atoms with van der Waals surface area (Å²) >= 11 is 3.33. The van der Waals surface area contributed by atoms with Crippen molar-refractivity contribution < 1.29 is 0 Å². The SMILES string of the molecule is Cc1n[nH]c2cc(Br)ccc2c1=O. The first-order valence-corrected chi connectivity index (χ1v) is 4.62. The summed E-state index contributed by atoms with van der Waals surface area (Å²) in [5, 5.41) is 7.39. The van der Waals surface area contributed by atoms with E-state index in [0.29, 0.717) is 11.1 Å². The van der Waals surface area contributed by atoms with E-state index in [-0.39, 0.29) is 5.43 Å². The number of hydrogen-bond acceptors (Lipinski definition) is 2. The number of rotatable bonds is 0. The van der Waals surface area contributed by atoms with Crippen molar-refractivity contribution in [3.8, 4) is 0 Å². The molecule has 0 aliphatic rings. The van der Waals surface area contributed by atoms with E-state index in [1.54, 1.807) is 13.0 Å². The molecule has 0 atom stereocenters. The summed E-state index contributed by atoms with van der Waals surface area (Å²) in [5.41, 5.74) is 1.24. The summed E-state index contributed by atoms with van der Waals surface area (Å²) in [6.45, 7) is 1.69. The van der Waals surface area contributed by atoms with Crippen LogP contribution < -0.4 is 5.43 Å². The molecule has 0 aliphatic heterocycles. The molecule has 4 heteroatoms. The van der Waals surface area contributed by atoms with E-state index in [4.69, 9.17) is 0 Å². The Morgan fingerprint density at radius 2 is 2.23 bits per heavy atom. The Bertz CT molecular complexity index is 518. The molecule has 0 fully saturated rings. The number of aromatic nitrogens is 2. The van der Waals surface area contributed by atoms with Gasteiger partial charge in [-0.25, -0.2) is 0 Å². The molecule has 1 N–H and O–H groups in total. The molecule has 0 unspecified atom stereocenters. The number of aryl methyl sites for hydroxylation is 1. The van der Waals surface area contributed by atoms with Crippen molar-refractivity contribution in [1.82, 2.24) is 10.2 Å². The topological polar surface area (TPSA) is 45.8 Å². The van der Waals surface area contributed by atoms with Crippen LogP contribution in [-0.4, -0.2) is 10.2 Å². The Kier molecular flexibility index (Phi) is 1.92. The Morgan fingerprint density at radius 3 is 3.00 bits per heavy atom. The van der Waals surface area contributed by atoms with Crippen LogP contribution in [0.5, 0.6) is 0 Å². The fraction of sp³-hybridized carbons (Fsp3) is 0.111. The van der Waals surface area contributed by atoms with Crippen molar-refractivity contribution >= 4 is 26.8 Å². The van der Waals surface area contributed by atoms with Gasteiger partial charge in [0.1, 0.15) is 5.69 Å². The Balaban J connectivity index is 2.95. The first-order valence-electron chi connectivity index (χ1n) is 3.83. The van der Waals surface area contributed by atoms with Crippen molar-refractivity contribution in [3.05, 3.63) is 38.6 Å². The molecule has 0 radical (unpaired) electrons. The Hall–Kier alpha value is -1.16. The van der Waals surface area contributed by atoms with Crippen molar-refractivity contribution in [3.63, 3.8) is 0 Å². The number of nitrogens with zero attached hydrogens (tertiary/aromatic N) is 1. The lowest BCUT2D eigenvalue weighted by Crippen LogP contribution is -2.09. The highest BCUT2D eigenvalue weighted by Gasteiger charge is 2.01. The second-order valence-corrected chi connectivity index (χ2v) is 3.74. The minimum atomic E-state index is -0.0127. The maximum Gasteiger partial charge on any atom is 0.210 e. The predicted octanol–water partition coefficient (Wildman–Crippen LogP) is 1.99. The average Bonchev–Trinajstić information content (AvgIpc) is 2.12. The van der Waals surface area contributed by atoms with Gasteiger partial charge in [-0.3, -0.25) is 9.89 Å². The van der Waals surface area contributed by atoms with Gasteiger partial charge in [0.15, 0.2) is 0 Å². The van der Waals surface area contributed by atoms with Gasteiger partial charge in [-0.2, -0.15) is 5.10 Å². The first-order chi connectivity index (χ1) is 6.18. The molecule has 0 aliphatic carbocycles. The zero-order valence-corrected chi connectivity index (χ0v) is 8.55. The molecule has 1 heterocycles. The molecule has 3 nitrogen and oxygen atoms in total. The molecular formula is C9H7BrN2O. The van der Waals surface area contributed by atoms with E-state index < -0.39 is 0 Å². The zero-order valence-electron chi connectivity index (χ0n) is 6.97. The summed E-state index contributed by atoms with van der Waals surface area (Å²) in [7, 11) is 0. The van der Waals surface area contributed by atoms with Gasteiger partial charge in [-0.05, 0) is 25.1 Å². The highest BCUT2D eigenvalue weighted by atomic mass is 79.9. The lowest BCUT2D eigenvalue weighted by Gasteiger charge is -1.98. The molecule has 0 amide bonds. The molecule has 0 spiro atoms. The van der Waals surface area contributed by atoms with Crippen molar-refractivity contribution in [2.75, 3.05) is 0 Å². The van der Waals surface area contributed by atoms with Crippen LogP contribution in [-0.2, 0) is 0 Å². The van der Waals surface area contributed by atoms with E-state index in [1.165, 1.54) is 0 Å². The molecule has 2 rings (SSSR count). The van der Waals surface area contributed by atoms with Crippen molar-refractivity contribution in [2.24, 2.45) is 0 Å². The second kappa shape index (κ2) is 2.96. The number of H-pyrrole nitrogens is 1. The molecule has 2 aromatic rings. The molecule has 1 aromatic heterocycles. The van der Waals surface area contributed by atoms with E-state index in [2.05, 4.69) is 26.1 Å². The third-order valence-corrected chi connectivity index (χ3v) is 2.39. The predicted molar refractivity (Wildman–Crippen MR) is 54.8 cm³/mol. The van der Waals surface area contributed by atoms with E-state index in [1.807, 2.05) is 12.1 Å².